The van der Waals surface area contributed by atoms with Crippen LogP contribution in [-0.4, -0.2) is 35.8 Å². The molecule has 0 saturated carbocycles. The van der Waals surface area contributed by atoms with Gasteiger partial charge in [-0.15, -0.1) is 0 Å². The lowest BCUT2D eigenvalue weighted by Crippen LogP contribution is -2.20. The molecule has 1 aliphatic heterocycles. The number of anilines is 1. The fourth-order valence-corrected chi connectivity index (χ4v) is 1.72. The quantitative estimate of drug-likeness (QED) is 0.621. The zero-order chi connectivity index (χ0) is 14.7. The molecule has 2 rings (SSSR count). The molecule has 0 amide bonds. The summed E-state index contributed by atoms with van der Waals surface area (Å²) in [6.07, 6.45) is 0. The molecule has 8 nitrogen and oxygen atoms in total. The molecule has 1 aromatic rings. The molecule has 8 heteroatoms. The Morgan fingerprint density at radius 3 is 2.60 bits per heavy atom. The lowest BCUT2D eigenvalue weighted by molar-refractivity contribution is -0.384. The van der Waals surface area contributed by atoms with Gasteiger partial charge in [-0.25, -0.2) is 0 Å². The van der Waals surface area contributed by atoms with Gasteiger partial charge in [0.15, 0.2) is 11.5 Å². The van der Waals surface area contributed by atoms with Gasteiger partial charge in [0.25, 0.3) is 5.69 Å². The van der Waals surface area contributed by atoms with Crippen LogP contribution < -0.4 is 14.8 Å². The van der Waals surface area contributed by atoms with Crippen LogP contribution in [0.3, 0.4) is 0 Å². The number of ether oxygens (including phenoxy) is 2. The van der Waals surface area contributed by atoms with Crippen molar-refractivity contribution in [1.82, 2.24) is 0 Å². The van der Waals surface area contributed by atoms with Crippen molar-refractivity contribution in [2.24, 2.45) is 5.92 Å². The molecule has 0 aromatic heterocycles. The maximum atomic E-state index is 11.0. The van der Waals surface area contributed by atoms with Crippen LogP contribution in [0.1, 0.15) is 6.92 Å². The monoisotopic (exact) mass is 282 g/mol. The van der Waals surface area contributed by atoms with E-state index in [1.807, 2.05) is 0 Å². The predicted octanol–water partition coefficient (Wildman–Crippen LogP) is 1.50. The number of fused-ring (bicyclic) bond motifs is 1. The van der Waals surface area contributed by atoms with Gasteiger partial charge in [0, 0.05) is 12.6 Å². The number of rotatable bonds is 5. The van der Waals surface area contributed by atoms with E-state index in [0.717, 1.165) is 0 Å². The number of nitro groups is 1. The van der Waals surface area contributed by atoms with E-state index in [-0.39, 0.29) is 17.9 Å². The average Bonchev–Trinajstić information content (AvgIpc) is 2.43. The van der Waals surface area contributed by atoms with Crippen molar-refractivity contribution in [1.29, 1.82) is 0 Å². The third kappa shape index (κ3) is 2.90. The van der Waals surface area contributed by atoms with Crippen LogP contribution in [0.4, 0.5) is 11.4 Å². The van der Waals surface area contributed by atoms with Crippen LogP contribution >= 0.6 is 0 Å². The van der Waals surface area contributed by atoms with Crippen molar-refractivity contribution < 1.29 is 24.3 Å². The predicted molar refractivity (Wildman–Crippen MR) is 69.4 cm³/mol. The minimum absolute atomic E-state index is 0.0792. The van der Waals surface area contributed by atoms with Crippen LogP contribution in [0.5, 0.6) is 11.5 Å². The Bertz CT molecular complexity index is 545. The second-order valence-corrected chi connectivity index (χ2v) is 4.39. The number of benzene rings is 1. The summed E-state index contributed by atoms with van der Waals surface area (Å²) >= 11 is 0. The van der Waals surface area contributed by atoms with Crippen molar-refractivity contribution in [2.45, 2.75) is 6.92 Å². The summed E-state index contributed by atoms with van der Waals surface area (Å²) < 4.78 is 10.6. The van der Waals surface area contributed by atoms with Crippen LogP contribution in [-0.2, 0) is 4.79 Å². The van der Waals surface area contributed by atoms with Gasteiger partial charge < -0.3 is 19.9 Å². The molecule has 2 N–H and O–H groups in total. The molecule has 0 aliphatic carbocycles. The molecule has 0 saturated heterocycles. The molecule has 0 fully saturated rings. The summed E-state index contributed by atoms with van der Waals surface area (Å²) in [5.41, 5.74) is 0.0409. The Balaban J connectivity index is 2.25. The highest BCUT2D eigenvalue weighted by atomic mass is 16.6. The first-order valence-electron chi connectivity index (χ1n) is 6.03. The van der Waals surface area contributed by atoms with Crippen molar-refractivity contribution >= 4 is 17.3 Å². The molecule has 1 atom stereocenters. The van der Waals surface area contributed by atoms with Crippen LogP contribution in [0.25, 0.3) is 0 Å². The van der Waals surface area contributed by atoms with E-state index in [2.05, 4.69) is 5.32 Å². The van der Waals surface area contributed by atoms with Crippen molar-refractivity contribution in [3.05, 3.63) is 22.2 Å². The Labute approximate surface area is 114 Å². The molecule has 0 bridgehead atoms. The summed E-state index contributed by atoms with van der Waals surface area (Å²) in [7, 11) is 0. The molecule has 1 aromatic carbocycles. The normalized spacial score (nSPS) is 14.4. The summed E-state index contributed by atoms with van der Waals surface area (Å²) in [5, 5.41) is 22.6. The molecular weight excluding hydrogens is 268 g/mol. The van der Waals surface area contributed by atoms with Crippen molar-refractivity contribution in [3.63, 3.8) is 0 Å². The van der Waals surface area contributed by atoms with Crippen molar-refractivity contribution in [2.75, 3.05) is 25.1 Å². The van der Waals surface area contributed by atoms with Gasteiger partial charge in [-0.05, 0) is 0 Å². The average molecular weight is 282 g/mol. The molecule has 0 spiro atoms. The first-order valence-corrected chi connectivity index (χ1v) is 6.03. The minimum Gasteiger partial charge on any atom is -0.486 e. The van der Waals surface area contributed by atoms with Crippen molar-refractivity contribution in [3.8, 4) is 11.5 Å². The van der Waals surface area contributed by atoms with E-state index in [1.165, 1.54) is 19.1 Å². The van der Waals surface area contributed by atoms with Gasteiger partial charge in [-0.1, -0.05) is 6.92 Å². The highest BCUT2D eigenvalue weighted by Gasteiger charge is 2.23. The lowest BCUT2D eigenvalue weighted by Gasteiger charge is -2.19. The fraction of sp³-hybridized carbons (Fsp3) is 0.417. The summed E-state index contributed by atoms with van der Waals surface area (Å²) in [4.78, 5) is 21.2. The van der Waals surface area contributed by atoms with Gasteiger partial charge >= 0.3 is 5.97 Å². The Kier molecular flexibility index (Phi) is 3.92. The molecule has 108 valence electrons. The van der Waals surface area contributed by atoms with Gasteiger partial charge in [-0.3, -0.25) is 14.9 Å². The van der Waals surface area contributed by atoms with Gasteiger partial charge in [-0.2, -0.15) is 0 Å². The Morgan fingerprint density at radius 2 is 2.05 bits per heavy atom. The van der Waals surface area contributed by atoms with Crippen LogP contribution in [0.2, 0.25) is 0 Å². The highest BCUT2D eigenvalue weighted by molar-refractivity contribution is 5.72. The van der Waals surface area contributed by atoms with Gasteiger partial charge in [0.2, 0.25) is 0 Å². The molecule has 1 unspecified atom stereocenters. The van der Waals surface area contributed by atoms with Crippen LogP contribution in [0.15, 0.2) is 12.1 Å². The topological polar surface area (TPSA) is 111 Å². The Hall–Kier alpha value is -2.51. The first-order chi connectivity index (χ1) is 9.49. The third-order valence-corrected chi connectivity index (χ3v) is 2.88. The molecule has 0 radical (unpaired) electrons. The standard InChI is InChI=1S/C12H14N2O6/c1-7(12(15)16)6-13-8-4-10-11(20-3-2-19-10)5-9(8)14(17)18/h4-5,7,13H,2-3,6H2,1H3,(H,15,16). The minimum atomic E-state index is -0.974. The fourth-order valence-electron chi connectivity index (χ4n) is 1.72. The zero-order valence-corrected chi connectivity index (χ0v) is 10.8. The van der Waals surface area contributed by atoms with Crippen LogP contribution in [0, 0.1) is 16.0 Å². The number of nitro benzene ring substituents is 1. The second kappa shape index (κ2) is 5.64. The summed E-state index contributed by atoms with van der Waals surface area (Å²) in [5.74, 6) is -0.910. The number of nitrogens with zero attached hydrogens (tertiary/aromatic N) is 1. The number of hydrogen-bond donors (Lipinski definition) is 2. The SMILES string of the molecule is CC(CNc1cc2c(cc1[N+](=O)[O-])OCCO2)C(=O)O. The number of carboxylic acid groups (broad SMARTS) is 1. The number of aliphatic carboxylic acids is 1. The largest absolute Gasteiger partial charge is 0.486 e. The number of hydrogen-bond acceptors (Lipinski definition) is 6. The molecule has 1 aliphatic rings. The van der Waals surface area contributed by atoms with E-state index in [1.54, 1.807) is 0 Å². The van der Waals surface area contributed by atoms with E-state index >= 15 is 0 Å². The van der Waals surface area contributed by atoms with Gasteiger partial charge in [0.1, 0.15) is 18.9 Å². The summed E-state index contributed by atoms with van der Waals surface area (Å²) in [6.45, 7) is 2.30. The lowest BCUT2D eigenvalue weighted by atomic mass is 10.1. The second-order valence-electron chi connectivity index (χ2n) is 4.39. The Morgan fingerprint density at radius 1 is 1.45 bits per heavy atom. The van der Waals surface area contributed by atoms with E-state index < -0.39 is 16.8 Å². The number of carboxylic acids is 1. The number of nitrogens with one attached hydrogen (secondary N) is 1. The zero-order valence-electron chi connectivity index (χ0n) is 10.8. The van der Waals surface area contributed by atoms with Gasteiger partial charge in [0.05, 0.1) is 16.9 Å². The maximum absolute atomic E-state index is 11.0. The molecule has 20 heavy (non-hydrogen) atoms. The van der Waals surface area contributed by atoms with E-state index in [9.17, 15) is 14.9 Å². The molecule has 1 heterocycles. The highest BCUT2D eigenvalue weighted by Crippen LogP contribution is 2.39. The first kappa shape index (κ1) is 13.9. The third-order valence-electron chi connectivity index (χ3n) is 2.88. The van der Waals surface area contributed by atoms with E-state index in [4.69, 9.17) is 14.6 Å². The molecular formula is C12H14N2O6. The summed E-state index contributed by atoms with van der Waals surface area (Å²) in [6, 6.07) is 2.74. The maximum Gasteiger partial charge on any atom is 0.308 e. The smallest absolute Gasteiger partial charge is 0.308 e. The van der Waals surface area contributed by atoms with E-state index in [0.29, 0.717) is 24.7 Å². The number of carbonyl (C=O) groups is 1.